The van der Waals surface area contributed by atoms with Crippen LogP contribution in [-0.2, 0) is 16.0 Å². The van der Waals surface area contributed by atoms with Crippen molar-refractivity contribution in [1.82, 2.24) is 4.98 Å². The number of ether oxygens (including phenoxy) is 2. The van der Waals surface area contributed by atoms with Crippen LogP contribution < -0.4 is 15.2 Å². The molecule has 0 radical (unpaired) electrons. The summed E-state index contributed by atoms with van der Waals surface area (Å²) >= 11 is 3.44. The first-order valence-electron chi connectivity index (χ1n) is 10.1. The van der Waals surface area contributed by atoms with Gasteiger partial charge in [0.1, 0.15) is 17.6 Å². The number of amides is 1. The van der Waals surface area contributed by atoms with Crippen LogP contribution in [-0.4, -0.2) is 34.3 Å². The van der Waals surface area contributed by atoms with Crippen molar-refractivity contribution in [2.45, 2.75) is 23.2 Å². The molecule has 1 fully saturated rings. The van der Waals surface area contributed by atoms with E-state index < -0.39 is 35.0 Å². The minimum Gasteiger partial charge on any atom is -0.495 e. The van der Waals surface area contributed by atoms with Crippen molar-refractivity contribution in [1.29, 1.82) is 0 Å². The number of hydrogen-bond acceptors (Lipinski definition) is 6. The summed E-state index contributed by atoms with van der Waals surface area (Å²) in [7, 11) is 1.45. The van der Waals surface area contributed by atoms with Crippen LogP contribution in [0.15, 0.2) is 71.5 Å². The Morgan fingerprint density at radius 1 is 1.16 bits per heavy atom. The number of aliphatic hydroxyl groups excluding tert-OH is 1. The summed E-state index contributed by atoms with van der Waals surface area (Å²) in [6.45, 7) is 0. The molecular formula is C24H21BrN2O5. The normalized spacial score (nSPS) is 30.3. The van der Waals surface area contributed by atoms with Gasteiger partial charge in [0.25, 0.3) is 0 Å². The molecule has 164 valence electrons. The quantitative estimate of drug-likeness (QED) is 0.511. The number of hydrogen-bond donors (Lipinski definition) is 3. The Hall–Kier alpha value is -2.94. The van der Waals surface area contributed by atoms with E-state index in [-0.39, 0.29) is 17.1 Å². The second kappa shape index (κ2) is 7.30. The molecule has 5 rings (SSSR count). The Morgan fingerprint density at radius 3 is 2.47 bits per heavy atom. The number of pyridine rings is 1. The molecule has 5 unspecified atom stereocenters. The maximum Gasteiger partial charge on any atom is 0.224 e. The number of nitrogens with zero attached hydrogens (tertiary/aromatic N) is 1. The summed E-state index contributed by atoms with van der Waals surface area (Å²) in [4.78, 5) is 16.9. The van der Waals surface area contributed by atoms with Gasteiger partial charge in [0.2, 0.25) is 5.91 Å². The molecule has 1 aliphatic carbocycles. The van der Waals surface area contributed by atoms with Gasteiger partial charge in [0.15, 0.2) is 11.2 Å². The molecule has 3 aromatic rings. The fourth-order valence-corrected chi connectivity index (χ4v) is 5.67. The first-order chi connectivity index (χ1) is 15.4. The van der Waals surface area contributed by atoms with Crippen LogP contribution in [0.5, 0.6) is 11.5 Å². The van der Waals surface area contributed by atoms with Crippen molar-refractivity contribution < 1.29 is 24.5 Å². The number of aliphatic hydroxyl groups is 2. The molecule has 2 aliphatic rings. The lowest BCUT2D eigenvalue weighted by molar-refractivity contribution is -0.154. The average Bonchev–Trinajstić information content (AvgIpc) is 3.18. The predicted molar refractivity (Wildman–Crippen MR) is 119 cm³/mol. The number of carbonyl (C=O) groups is 1. The topological polar surface area (TPSA) is 115 Å². The number of carbonyl (C=O) groups excluding carboxylic acids is 1. The zero-order chi connectivity index (χ0) is 22.7. The second-order valence-corrected chi connectivity index (χ2v) is 9.00. The van der Waals surface area contributed by atoms with Crippen molar-refractivity contribution in [2.75, 3.05) is 7.11 Å². The summed E-state index contributed by atoms with van der Waals surface area (Å²) in [5.41, 5.74) is 3.74. The van der Waals surface area contributed by atoms with Crippen molar-refractivity contribution >= 4 is 21.8 Å². The van der Waals surface area contributed by atoms with Crippen LogP contribution in [0.1, 0.15) is 22.6 Å². The van der Waals surface area contributed by atoms with Crippen molar-refractivity contribution in [3.05, 3.63) is 88.2 Å². The zero-order valence-electron chi connectivity index (χ0n) is 17.1. The molecule has 1 amide bonds. The summed E-state index contributed by atoms with van der Waals surface area (Å²) in [5, 5.41) is 23.9. The Morgan fingerprint density at radius 2 is 1.84 bits per heavy atom. The van der Waals surface area contributed by atoms with Crippen molar-refractivity contribution in [3.8, 4) is 11.5 Å². The highest BCUT2D eigenvalue weighted by molar-refractivity contribution is 9.10. The first kappa shape index (κ1) is 20.9. The first-order valence-corrected chi connectivity index (χ1v) is 10.9. The monoisotopic (exact) mass is 496 g/mol. The van der Waals surface area contributed by atoms with E-state index in [1.807, 2.05) is 42.5 Å². The number of primary amides is 1. The van der Waals surface area contributed by atoms with Crippen LogP contribution in [0.3, 0.4) is 0 Å². The smallest absolute Gasteiger partial charge is 0.224 e. The van der Waals surface area contributed by atoms with E-state index in [9.17, 15) is 15.0 Å². The molecular weight excluding hydrogens is 476 g/mol. The number of nitrogens with two attached hydrogens (primary N) is 1. The fraction of sp³-hybridized carbons (Fsp3) is 0.250. The molecule has 0 spiro atoms. The van der Waals surface area contributed by atoms with Gasteiger partial charge >= 0.3 is 0 Å². The third-order valence-corrected chi connectivity index (χ3v) is 7.17. The average molecular weight is 497 g/mol. The number of aromatic nitrogens is 1. The van der Waals surface area contributed by atoms with E-state index >= 15 is 0 Å². The van der Waals surface area contributed by atoms with E-state index in [0.29, 0.717) is 11.1 Å². The standard InChI is InChI=1S/C24H21BrN2O5/c1-31-16-11-27-12-17-20(16)23(30)21(28)18(22(26)29)19(13-5-3-2-4-6-13)24(23,32-17)14-7-9-15(25)10-8-14/h2-12,18-19,21,28,30H,1H3,(H2,26,29). The number of rotatable bonds is 4. The number of benzene rings is 2. The minimum atomic E-state index is -2.04. The molecule has 1 saturated carbocycles. The largest absolute Gasteiger partial charge is 0.495 e. The Balaban J connectivity index is 1.89. The molecule has 8 heteroatoms. The lowest BCUT2D eigenvalue weighted by Gasteiger charge is -2.40. The van der Waals surface area contributed by atoms with E-state index in [4.69, 9.17) is 15.2 Å². The predicted octanol–water partition coefficient (Wildman–Crippen LogP) is 2.59. The lowest BCUT2D eigenvalue weighted by atomic mass is 9.70. The molecule has 32 heavy (non-hydrogen) atoms. The second-order valence-electron chi connectivity index (χ2n) is 8.09. The van der Waals surface area contributed by atoms with Crippen LogP contribution >= 0.6 is 15.9 Å². The van der Waals surface area contributed by atoms with Gasteiger partial charge in [-0.05, 0) is 23.3 Å². The third kappa shape index (κ3) is 2.54. The van der Waals surface area contributed by atoms with E-state index in [1.54, 1.807) is 12.1 Å². The lowest BCUT2D eigenvalue weighted by Crippen LogP contribution is -2.52. The Kier molecular flexibility index (Phi) is 4.77. The number of fused-ring (bicyclic) bond motifs is 3. The van der Waals surface area contributed by atoms with Gasteiger partial charge in [-0.1, -0.05) is 58.4 Å². The van der Waals surface area contributed by atoms with Crippen molar-refractivity contribution in [3.63, 3.8) is 0 Å². The van der Waals surface area contributed by atoms with E-state index in [2.05, 4.69) is 20.9 Å². The Bertz CT molecular complexity index is 1190. The highest BCUT2D eigenvalue weighted by atomic mass is 79.9. The van der Waals surface area contributed by atoms with Crippen LogP contribution in [0.25, 0.3) is 0 Å². The summed E-state index contributed by atoms with van der Waals surface area (Å²) < 4.78 is 12.8. The van der Waals surface area contributed by atoms with Crippen LogP contribution in [0.4, 0.5) is 0 Å². The van der Waals surface area contributed by atoms with Gasteiger partial charge in [-0.3, -0.25) is 9.78 Å². The zero-order valence-corrected chi connectivity index (χ0v) is 18.7. The van der Waals surface area contributed by atoms with Crippen LogP contribution in [0.2, 0.25) is 0 Å². The number of methoxy groups -OCH3 is 1. The molecule has 1 aromatic heterocycles. The van der Waals surface area contributed by atoms with E-state index in [1.165, 1.54) is 19.5 Å². The molecule has 0 bridgehead atoms. The molecule has 1 aliphatic heterocycles. The SMILES string of the molecule is COc1cncc2c1C1(O)C(O)C(C(N)=O)C(c3ccccc3)C1(c1ccc(Br)cc1)O2. The molecule has 2 heterocycles. The van der Waals surface area contributed by atoms with Gasteiger partial charge in [0, 0.05) is 10.4 Å². The minimum absolute atomic E-state index is 0.245. The summed E-state index contributed by atoms with van der Waals surface area (Å²) in [5.74, 6) is -2.13. The molecule has 4 N–H and O–H groups in total. The van der Waals surface area contributed by atoms with E-state index in [0.717, 1.165) is 4.47 Å². The van der Waals surface area contributed by atoms with Gasteiger partial charge in [0.05, 0.1) is 31.0 Å². The molecule has 2 aromatic carbocycles. The fourth-order valence-electron chi connectivity index (χ4n) is 5.41. The van der Waals surface area contributed by atoms with Crippen LogP contribution in [0, 0.1) is 5.92 Å². The summed E-state index contributed by atoms with van der Waals surface area (Å²) in [6.07, 6.45) is 1.36. The van der Waals surface area contributed by atoms with Crippen molar-refractivity contribution in [2.24, 2.45) is 11.7 Å². The van der Waals surface area contributed by atoms with Gasteiger partial charge < -0.3 is 25.4 Å². The highest BCUT2D eigenvalue weighted by Gasteiger charge is 2.77. The molecule has 0 saturated heterocycles. The summed E-state index contributed by atoms with van der Waals surface area (Å²) in [6, 6.07) is 16.4. The number of halogens is 1. The maximum absolute atomic E-state index is 12.7. The highest BCUT2D eigenvalue weighted by Crippen LogP contribution is 2.69. The van der Waals surface area contributed by atoms with Gasteiger partial charge in [-0.25, -0.2) is 0 Å². The third-order valence-electron chi connectivity index (χ3n) is 6.64. The molecule has 7 nitrogen and oxygen atoms in total. The van der Waals surface area contributed by atoms with Gasteiger partial charge in [-0.15, -0.1) is 0 Å². The van der Waals surface area contributed by atoms with Gasteiger partial charge in [-0.2, -0.15) is 0 Å². The maximum atomic E-state index is 12.7. The molecule has 5 atom stereocenters. The Labute approximate surface area is 192 Å².